The van der Waals surface area contributed by atoms with Gasteiger partial charge < -0.3 is 36.8 Å². The molecule has 2 aromatic rings. The largest absolute Gasteiger partial charge is 0.480 e. The number of hydrogen-bond donors (Lipinski definition) is 6. The minimum atomic E-state index is -1.27. The molecule has 0 aliphatic heterocycles. The molecule has 1 aromatic carbocycles. The molecule has 14 nitrogen and oxygen atoms in total. The second-order valence-corrected chi connectivity index (χ2v) is 12.5. The van der Waals surface area contributed by atoms with Crippen LogP contribution in [0.2, 0.25) is 0 Å². The normalized spacial score (nSPS) is 13.4. The van der Waals surface area contributed by atoms with E-state index in [1.807, 2.05) is 0 Å². The number of carboxylic acids is 1. The Balaban J connectivity index is 2.24. The molecule has 2 rings (SSSR count). The van der Waals surface area contributed by atoms with Gasteiger partial charge in [0.2, 0.25) is 23.6 Å². The highest BCUT2D eigenvalue weighted by atomic mass is 16.6. The van der Waals surface area contributed by atoms with Gasteiger partial charge in [-0.05, 0) is 64.6 Å². The molecule has 4 amide bonds. The summed E-state index contributed by atoms with van der Waals surface area (Å²) in [7, 11) is 0. The number of benzene rings is 1. The van der Waals surface area contributed by atoms with Crippen molar-refractivity contribution in [1.29, 1.82) is 0 Å². The van der Waals surface area contributed by atoms with Crippen molar-refractivity contribution in [2.24, 2.45) is 11.7 Å². The molecule has 14 heteroatoms. The third kappa shape index (κ3) is 11.8. The van der Waals surface area contributed by atoms with E-state index in [1.165, 1.54) is 17.7 Å². The van der Waals surface area contributed by atoms with Gasteiger partial charge in [0.05, 0.1) is 5.52 Å². The molecule has 0 aliphatic rings. The fourth-order valence-corrected chi connectivity index (χ4v) is 4.58. The molecule has 7 N–H and O–H groups in total. The van der Waals surface area contributed by atoms with Crippen LogP contribution in [0.3, 0.4) is 0 Å². The number of ether oxygens (including phenoxy) is 1. The van der Waals surface area contributed by atoms with Crippen LogP contribution in [0, 0.1) is 5.92 Å². The van der Waals surface area contributed by atoms with Crippen LogP contribution in [0.15, 0.2) is 30.5 Å². The maximum absolute atomic E-state index is 13.5. The molecule has 3 atom stereocenters. The van der Waals surface area contributed by atoms with Crippen molar-refractivity contribution in [1.82, 2.24) is 25.8 Å². The minimum Gasteiger partial charge on any atom is -0.480 e. The van der Waals surface area contributed by atoms with Gasteiger partial charge in [-0.15, -0.1) is 0 Å². The number of hydrogen-bond acceptors (Lipinski definition) is 8. The molecule has 46 heavy (non-hydrogen) atoms. The Kier molecular flexibility index (Phi) is 14.2. The van der Waals surface area contributed by atoms with Crippen molar-refractivity contribution in [3.05, 3.63) is 36.0 Å². The van der Waals surface area contributed by atoms with Crippen molar-refractivity contribution in [3.63, 3.8) is 0 Å². The summed E-state index contributed by atoms with van der Waals surface area (Å²) in [6, 6.07) is 3.43. The zero-order chi connectivity index (χ0) is 34.6. The lowest BCUT2D eigenvalue weighted by Gasteiger charge is -2.24. The molecule has 0 bridgehead atoms. The Labute approximate surface area is 269 Å². The average molecular weight is 645 g/mol. The van der Waals surface area contributed by atoms with Gasteiger partial charge >= 0.3 is 12.1 Å². The van der Waals surface area contributed by atoms with Crippen LogP contribution in [0.25, 0.3) is 10.9 Å². The number of nitrogens with zero attached hydrogens (tertiary/aromatic N) is 1. The zero-order valence-electron chi connectivity index (χ0n) is 27.5. The number of carbonyl (C=O) groups is 6. The number of fused-ring (bicyclic) bond motifs is 1. The zero-order valence-corrected chi connectivity index (χ0v) is 27.5. The summed E-state index contributed by atoms with van der Waals surface area (Å²) >= 11 is 0. The number of amides is 4. The Morgan fingerprint density at radius 1 is 0.913 bits per heavy atom. The Bertz CT molecular complexity index is 1400. The highest BCUT2D eigenvalue weighted by Crippen LogP contribution is 2.24. The number of carboxylic acid groups (broad SMARTS) is 1. The molecule has 0 fully saturated rings. The highest BCUT2D eigenvalue weighted by Gasteiger charge is 2.31. The molecule has 1 aromatic heterocycles. The third-order valence-corrected chi connectivity index (χ3v) is 6.98. The summed E-state index contributed by atoms with van der Waals surface area (Å²) in [4.78, 5) is 75.9. The topological polar surface area (TPSA) is 211 Å². The number of aliphatic carboxylic acids is 1. The Morgan fingerprint density at radius 2 is 1.59 bits per heavy atom. The van der Waals surface area contributed by atoms with Gasteiger partial charge in [0.15, 0.2) is 0 Å². The predicted molar refractivity (Wildman–Crippen MR) is 172 cm³/mol. The maximum Gasteiger partial charge on any atom is 0.419 e. The number of unbranched alkanes of at least 4 members (excludes halogenated alkanes) is 1. The standard InChI is InChI=1S/C32H48N6O8/c1-19(2)27(30(43)44)37-29(42)23(36-28(41)20(3)35-26(40)14-16-34-25(39)13-9-10-15-33)17-21-18-38(31(45)46-32(4,5)6)24-12-8-7-11-22(21)24/h7-8,11-12,18-20,23,27H,9-10,13-17,33H2,1-6H3,(H,34,39)(H,35,40)(H,36,41)(H,37,42)(H,43,44)/t20-,23+,27-/m0/s1. The van der Waals surface area contributed by atoms with Crippen LogP contribution in [-0.4, -0.2) is 82.2 Å². The van der Waals surface area contributed by atoms with Crippen LogP contribution in [0.5, 0.6) is 0 Å². The van der Waals surface area contributed by atoms with Gasteiger partial charge in [-0.3, -0.25) is 23.7 Å². The lowest BCUT2D eigenvalue weighted by atomic mass is 10.0. The van der Waals surface area contributed by atoms with Crippen molar-refractivity contribution < 1.29 is 38.6 Å². The molecular formula is C32H48N6O8. The van der Waals surface area contributed by atoms with Gasteiger partial charge in [0, 0.05) is 37.4 Å². The van der Waals surface area contributed by atoms with Gasteiger partial charge in [-0.25, -0.2) is 9.59 Å². The lowest BCUT2D eigenvalue weighted by Crippen LogP contribution is -2.56. The lowest BCUT2D eigenvalue weighted by molar-refractivity contribution is -0.143. The summed E-state index contributed by atoms with van der Waals surface area (Å²) in [5, 5.41) is 20.6. The van der Waals surface area contributed by atoms with Crippen molar-refractivity contribution >= 4 is 46.6 Å². The van der Waals surface area contributed by atoms with Crippen LogP contribution in [0.1, 0.15) is 72.8 Å². The summed E-state index contributed by atoms with van der Waals surface area (Å²) in [6.07, 6.45) is 2.40. The van der Waals surface area contributed by atoms with E-state index in [9.17, 15) is 33.9 Å². The van der Waals surface area contributed by atoms with Gasteiger partial charge in [0.25, 0.3) is 0 Å². The molecule has 0 saturated carbocycles. The monoisotopic (exact) mass is 644 g/mol. The number of para-hydroxylation sites is 1. The van der Waals surface area contributed by atoms with E-state index in [0.717, 1.165) is 6.42 Å². The van der Waals surface area contributed by atoms with Crippen LogP contribution < -0.4 is 27.0 Å². The van der Waals surface area contributed by atoms with Gasteiger partial charge in [-0.1, -0.05) is 32.0 Å². The quantitative estimate of drug-likeness (QED) is 0.147. The number of nitrogens with one attached hydrogen (secondary N) is 4. The van der Waals surface area contributed by atoms with Crippen LogP contribution in [-0.2, 0) is 35.1 Å². The van der Waals surface area contributed by atoms with E-state index in [4.69, 9.17) is 10.5 Å². The van der Waals surface area contributed by atoms with E-state index >= 15 is 0 Å². The van der Waals surface area contributed by atoms with E-state index in [1.54, 1.807) is 58.9 Å². The van der Waals surface area contributed by atoms with Gasteiger partial charge in [-0.2, -0.15) is 0 Å². The summed E-state index contributed by atoms with van der Waals surface area (Å²) in [6.45, 7) is 10.5. The molecule has 0 unspecified atom stereocenters. The smallest absolute Gasteiger partial charge is 0.419 e. The van der Waals surface area contributed by atoms with Crippen molar-refractivity contribution in [3.8, 4) is 0 Å². The van der Waals surface area contributed by atoms with E-state index in [-0.39, 0.29) is 25.3 Å². The first-order chi connectivity index (χ1) is 21.5. The van der Waals surface area contributed by atoms with Crippen molar-refractivity contribution in [2.75, 3.05) is 13.1 Å². The average Bonchev–Trinajstić information content (AvgIpc) is 3.32. The second-order valence-electron chi connectivity index (χ2n) is 12.5. The van der Waals surface area contributed by atoms with Crippen molar-refractivity contribution in [2.45, 2.75) is 97.4 Å². The maximum atomic E-state index is 13.5. The molecule has 254 valence electrons. The fourth-order valence-electron chi connectivity index (χ4n) is 4.58. The second kappa shape index (κ2) is 17.3. The number of rotatable bonds is 16. The SMILES string of the molecule is CC(C)[C@H](NC(=O)[C@@H](Cc1cn(C(=O)OC(C)(C)C)c2ccccc12)NC(=O)[C@H](C)NC(=O)CCNC(=O)CCCCN)C(=O)O. The number of aromatic nitrogens is 1. The van der Waals surface area contributed by atoms with Gasteiger partial charge in [0.1, 0.15) is 23.7 Å². The molecule has 0 spiro atoms. The van der Waals surface area contributed by atoms with E-state index in [0.29, 0.717) is 35.9 Å². The highest BCUT2D eigenvalue weighted by molar-refractivity contribution is 5.95. The minimum absolute atomic E-state index is 0.0665. The summed E-state index contributed by atoms with van der Waals surface area (Å²) < 4.78 is 6.86. The van der Waals surface area contributed by atoms with E-state index in [2.05, 4.69) is 21.3 Å². The first-order valence-electron chi connectivity index (χ1n) is 15.5. The molecule has 0 aliphatic carbocycles. The Hall–Kier alpha value is -4.46. The molecular weight excluding hydrogens is 596 g/mol. The molecule has 0 saturated heterocycles. The summed E-state index contributed by atoms with van der Waals surface area (Å²) in [5.74, 6) is -3.81. The summed E-state index contributed by atoms with van der Waals surface area (Å²) in [5.41, 5.74) is 5.71. The fraction of sp³-hybridized carbons (Fsp3) is 0.562. The number of carbonyl (C=O) groups excluding carboxylic acids is 5. The first kappa shape index (κ1) is 37.7. The predicted octanol–water partition coefficient (Wildman–Crippen LogP) is 1.82. The molecule has 1 heterocycles. The third-order valence-electron chi connectivity index (χ3n) is 6.98. The number of nitrogens with two attached hydrogens (primary N) is 1. The Morgan fingerprint density at radius 3 is 2.20 bits per heavy atom. The molecule has 0 radical (unpaired) electrons. The van der Waals surface area contributed by atoms with Crippen LogP contribution >= 0.6 is 0 Å². The van der Waals surface area contributed by atoms with Crippen LogP contribution in [0.4, 0.5) is 4.79 Å². The van der Waals surface area contributed by atoms with E-state index < -0.39 is 59.4 Å². The first-order valence-corrected chi connectivity index (χ1v) is 15.5.